The molecule has 6 heteroatoms. The lowest BCUT2D eigenvalue weighted by Crippen LogP contribution is -2.19. The van der Waals surface area contributed by atoms with Crippen LogP contribution < -0.4 is 11.1 Å². The SMILES string of the molecule is CNC(=O)c1c(-c2ccc(Cl)cc2)noc1/C=C(\N)c1ccccc1. The van der Waals surface area contributed by atoms with Crippen molar-refractivity contribution in [3.63, 3.8) is 0 Å². The number of carbonyl (C=O) groups is 1. The van der Waals surface area contributed by atoms with E-state index in [0.29, 0.717) is 27.7 Å². The number of carbonyl (C=O) groups excluding carboxylic acids is 1. The highest BCUT2D eigenvalue weighted by atomic mass is 35.5. The first-order valence-corrected chi connectivity index (χ1v) is 7.98. The van der Waals surface area contributed by atoms with Crippen LogP contribution in [0.4, 0.5) is 0 Å². The summed E-state index contributed by atoms with van der Waals surface area (Å²) < 4.78 is 5.40. The highest BCUT2D eigenvalue weighted by molar-refractivity contribution is 6.30. The summed E-state index contributed by atoms with van der Waals surface area (Å²) >= 11 is 5.92. The minimum atomic E-state index is -0.307. The van der Waals surface area contributed by atoms with Crippen molar-refractivity contribution < 1.29 is 9.32 Å². The van der Waals surface area contributed by atoms with Crippen LogP contribution in [0.25, 0.3) is 23.0 Å². The molecule has 3 rings (SSSR count). The molecule has 5 nitrogen and oxygen atoms in total. The Kier molecular flexibility index (Phi) is 4.86. The number of hydrogen-bond acceptors (Lipinski definition) is 4. The van der Waals surface area contributed by atoms with Crippen molar-refractivity contribution in [2.45, 2.75) is 0 Å². The van der Waals surface area contributed by atoms with Gasteiger partial charge >= 0.3 is 0 Å². The van der Waals surface area contributed by atoms with Gasteiger partial charge in [-0.15, -0.1) is 0 Å². The van der Waals surface area contributed by atoms with E-state index in [4.69, 9.17) is 21.9 Å². The number of aromatic nitrogens is 1. The molecule has 0 unspecified atom stereocenters. The quantitative estimate of drug-likeness (QED) is 0.747. The van der Waals surface area contributed by atoms with Crippen LogP contribution in [0.1, 0.15) is 21.7 Å². The molecule has 1 amide bonds. The summed E-state index contributed by atoms with van der Waals surface area (Å²) in [6.45, 7) is 0. The van der Waals surface area contributed by atoms with Crippen molar-refractivity contribution in [3.05, 3.63) is 76.5 Å². The van der Waals surface area contributed by atoms with Crippen LogP contribution in [0.15, 0.2) is 59.1 Å². The molecule has 3 aromatic rings. The molecule has 2 aromatic carbocycles. The molecule has 0 fully saturated rings. The number of nitrogens with two attached hydrogens (primary N) is 1. The number of amides is 1. The Bertz CT molecular complexity index is 916. The fourth-order valence-corrected chi connectivity index (χ4v) is 2.53. The highest BCUT2D eigenvalue weighted by Crippen LogP contribution is 2.28. The number of nitrogens with zero attached hydrogens (tertiary/aromatic N) is 1. The second kappa shape index (κ2) is 7.23. The van der Waals surface area contributed by atoms with Crippen LogP contribution in [-0.2, 0) is 0 Å². The number of benzene rings is 2. The number of hydrogen-bond donors (Lipinski definition) is 2. The average Bonchev–Trinajstić information content (AvgIpc) is 3.06. The summed E-state index contributed by atoms with van der Waals surface area (Å²) in [5.41, 5.74) is 8.92. The minimum Gasteiger partial charge on any atom is -0.398 e. The Hall–Kier alpha value is -3.05. The molecule has 1 aromatic heterocycles. The first kappa shape index (κ1) is 16.8. The van der Waals surface area contributed by atoms with Crippen molar-refractivity contribution in [2.24, 2.45) is 5.73 Å². The molecule has 0 radical (unpaired) electrons. The Morgan fingerprint density at radius 1 is 1.16 bits per heavy atom. The highest BCUT2D eigenvalue weighted by Gasteiger charge is 2.22. The molecule has 25 heavy (non-hydrogen) atoms. The third-order valence-electron chi connectivity index (χ3n) is 3.68. The molecule has 126 valence electrons. The van der Waals surface area contributed by atoms with Crippen molar-refractivity contribution in [1.82, 2.24) is 10.5 Å². The van der Waals surface area contributed by atoms with Crippen molar-refractivity contribution in [3.8, 4) is 11.3 Å². The van der Waals surface area contributed by atoms with Crippen LogP contribution in [0.3, 0.4) is 0 Å². The topological polar surface area (TPSA) is 81.2 Å². The van der Waals surface area contributed by atoms with Gasteiger partial charge < -0.3 is 15.6 Å². The molecule has 0 bridgehead atoms. The standard InChI is InChI=1S/C19H16ClN3O2/c1-22-19(24)17-16(11-15(21)12-5-3-2-4-6-12)25-23-18(17)13-7-9-14(20)10-8-13/h2-11H,21H2,1H3,(H,22,24)/b15-11-. The molecule has 3 N–H and O–H groups in total. The van der Waals surface area contributed by atoms with Gasteiger partial charge in [0.2, 0.25) is 0 Å². The molecule has 1 heterocycles. The molecule has 0 atom stereocenters. The van der Waals surface area contributed by atoms with E-state index in [1.807, 2.05) is 30.3 Å². The van der Waals surface area contributed by atoms with Gasteiger partial charge in [-0.3, -0.25) is 4.79 Å². The Morgan fingerprint density at radius 2 is 1.84 bits per heavy atom. The summed E-state index contributed by atoms with van der Waals surface area (Å²) in [6.07, 6.45) is 1.60. The van der Waals surface area contributed by atoms with Gasteiger partial charge in [0.05, 0.1) is 0 Å². The Morgan fingerprint density at radius 3 is 2.48 bits per heavy atom. The van der Waals surface area contributed by atoms with Crippen LogP contribution in [0, 0.1) is 0 Å². The largest absolute Gasteiger partial charge is 0.398 e. The van der Waals surface area contributed by atoms with Gasteiger partial charge in [-0.25, -0.2) is 0 Å². The molecule has 0 saturated carbocycles. The molecule has 0 aliphatic carbocycles. The van der Waals surface area contributed by atoms with Gasteiger partial charge in [-0.2, -0.15) is 0 Å². The predicted molar refractivity (Wildman–Crippen MR) is 98.8 cm³/mol. The summed E-state index contributed by atoms with van der Waals surface area (Å²) in [5.74, 6) is -0.0102. The zero-order chi connectivity index (χ0) is 17.8. The van der Waals surface area contributed by atoms with E-state index < -0.39 is 0 Å². The summed E-state index contributed by atoms with van der Waals surface area (Å²) in [7, 11) is 1.55. The van der Waals surface area contributed by atoms with Gasteiger partial charge in [0.15, 0.2) is 5.76 Å². The maximum Gasteiger partial charge on any atom is 0.257 e. The third kappa shape index (κ3) is 3.56. The number of rotatable bonds is 4. The molecule has 0 aliphatic rings. The molecular formula is C19H16ClN3O2. The number of nitrogens with one attached hydrogen (secondary N) is 1. The van der Waals surface area contributed by atoms with Crippen molar-refractivity contribution in [2.75, 3.05) is 7.05 Å². The van der Waals surface area contributed by atoms with E-state index in [2.05, 4.69) is 10.5 Å². The Labute approximate surface area is 150 Å². The fraction of sp³-hybridized carbons (Fsp3) is 0.0526. The molecule has 0 saturated heterocycles. The van der Waals surface area contributed by atoms with E-state index in [1.54, 1.807) is 37.4 Å². The normalized spacial score (nSPS) is 11.4. The van der Waals surface area contributed by atoms with Gasteiger partial charge in [0.1, 0.15) is 11.3 Å². The van der Waals surface area contributed by atoms with E-state index in [-0.39, 0.29) is 5.91 Å². The zero-order valence-corrected chi connectivity index (χ0v) is 14.2. The fourth-order valence-electron chi connectivity index (χ4n) is 2.41. The van der Waals surface area contributed by atoms with Crippen LogP contribution >= 0.6 is 11.6 Å². The van der Waals surface area contributed by atoms with Crippen LogP contribution in [0.2, 0.25) is 5.02 Å². The summed E-state index contributed by atoms with van der Waals surface area (Å²) in [5, 5.41) is 7.26. The summed E-state index contributed by atoms with van der Waals surface area (Å²) in [4.78, 5) is 12.4. The summed E-state index contributed by atoms with van der Waals surface area (Å²) in [6, 6.07) is 16.4. The van der Waals surface area contributed by atoms with Crippen LogP contribution in [0.5, 0.6) is 0 Å². The van der Waals surface area contributed by atoms with Gasteiger partial charge in [0, 0.05) is 29.4 Å². The number of halogens is 1. The predicted octanol–water partition coefficient (Wildman–Crippen LogP) is 3.81. The lowest BCUT2D eigenvalue weighted by Gasteiger charge is -2.03. The second-order valence-corrected chi connectivity index (χ2v) is 5.76. The molecule has 0 spiro atoms. The average molecular weight is 354 g/mol. The van der Waals surface area contributed by atoms with Crippen molar-refractivity contribution >= 4 is 29.3 Å². The molecular weight excluding hydrogens is 338 g/mol. The lowest BCUT2D eigenvalue weighted by atomic mass is 10.0. The van der Waals surface area contributed by atoms with E-state index in [9.17, 15) is 4.79 Å². The van der Waals surface area contributed by atoms with E-state index in [0.717, 1.165) is 11.1 Å². The zero-order valence-electron chi connectivity index (χ0n) is 13.5. The van der Waals surface area contributed by atoms with Crippen molar-refractivity contribution in [1.29, 1.82) is 0 Å². The first-order valence-electron chi connectivity index (χ1n) is 7.60. The monoisotopic (exact) mass is 353 g/mol. The second-order valence-electron chi connectivity index (χ2n) is 5.32. The van der Waals surface area contributed by atoms with E-state index >= 15 is 0 Å². The smallest absolute Gasteiger partial charge is 0.257 e. The third-order valence-corrected chi connectivity index (χ3v) is 3.94. The Balaban J connectivity index is 2.09. The van der Waals surface area contributed by atoms with Crippen LogP contribution in [-0.4, -0.2) is 18.1 Å². The maximum atomic E-state index is 12.4. The van der Waals surface area contributed by atoms with Gasteiger partial charge in [-0.05, 0) is 17.7 Å². The maximum absolute atomic E-state index is 12.4. The van der Waals surface area contributed by atoms with Gasteiger partial charge in [-0.1, -0.05) is 59.2 Å². The van der Waals surface area contributed by atoms with E-state index in [1.165, 1.54) is 0 Å². The first-order chi connectivity index (χ1) is 12.1. The lowest BCUT2D eigenvalue weighted by molar-refractivity contribution is 0.0963. The minimum absolute atomic E-state index is 0.297. The van der Waals surface area contributed by atoms with Gasteiger partial charge in [0.25, 0.3) is 5.91 Å². The molecule has 0 aliphatic heterocycles.